The summed E-state index contributed by atoms with van der Waals surface area (Å²) in [4.78, 5) is 0. The van der Waals surface area contributed by atoms with E-state index >= 15 is 4.39 Å². The zero-order valence-corrected chi connectivity index (χ0v) is 32.4. The minimum atomic E-state index is -0.210. The zero-order valence-electron chi connectivity index (χ0n) is 32.4. The molecule has 9 rings (SSSR count). The Balaban J connectivity index is 1.46. The molecule has 1 N–H and O–H groups in total. The summed E-state index contributed by atoms with van der Waals surface area (Å²) in [6.45, 7) is 20.6. The van der Waals surface area contributed by atoms with Gasteiger partial charge in [-0.15, -0.1) is 0 Å². The second-order valence-electron chi connectivity index (χ2n) is 16.8. The maximum atomic E-state index is 15.7. The number of aryl methyl sites for hydroxylation is 1. The summed E-state index contributed by atoms with van der Waals surface area (Å²) in [6.07, 6.45) is 0. The number of benzene rings is 6. The van der Waals surface area contributed by atoms with Crippen molar-refractivity contribution in [3.8, 4) is 27.9 Å². The lowest BCUT2D eigenvalue weighted by Crippen LogP contribution is -2.59. The van der Waals surface area contributed by atoms with Gasteiger partial charge >= 0.3 is 0 Å². The van der Waals surface area contributed by atoms with Crippen molar-refractivity contribution in [2.75, 3.05) is 5.32 Å². The Morgan fingerprint density at radius 2 is 1.21 bits per heavy atom. The van der Waals surface area contributed by atoms with Crippen LogP contribution < -0.4 is 21.7 Å². The van der Waals surface area contributed by atoms with E-state index < -0.39 is 0 Å². The first-order valence-electron chi connectivity index (χ1n) is 19.5. The molecule has 0 aliphatic carbocycles. The van der Waals surface area contributed by atoms with E-state index in [0.717, 1.165) is 22.6 Å². The predicted molar refractivity (Wildman–Crippen MR) is 227 cm³/mol. The van der Waals surface area contributed by atoms with Crippen LogP contribution in [0.5, 0.6) is 0 Å². The third kappa shape index (κ3) is 5.12. The van der Waals surface area contributed by atoms with E-state index in [1.165, 1.54) is 77.1 Å². The van der Waals surface area contributed by atoms with Crippen molar-refractivity contribution in [1.82, 2.24) is 4.57 Å². The van der Waals surface area contributed by atoms with E-state index in [4.69, 9.17) is 0 Å². The number of nitrogens with one attached hydrogen (secondary N) is 1. The molecule has 4 heteroatoms. The second kappa shape index (κ2) is 12.2. The summed E-state index contributed by atoms with van der Waals surface area (Å²) in [6, 6.07) is 35.4. The van der Waals surface area contributed by atoms with Crippen molar-refractivity contribution in [3.63, 3.8) is 0 Å². The summed E-state index contributed by atoms with van der Waals surface area (Å²) in [5.41, 5.74) is 20.3. The maximum Gasteiger partial charge on any atom is 0.252 e. The number of fused-ring (bicyclic) bond motifs is 7. The minimum absolute atomic E-state index is 0.000427. The molecule has 7 aromatic rings. The Labute approximate surface area is 314 Å². The van der Waals surface area contributed by atoms with Crippen LogP contribution in [0, 0.1) is 12.7 Å². The van der Waals surface area contributed by atoms with Gasteiger partial charge in [-0.2, -0.15) is 0 Å². The Morgan fingerprint density at radius 3 is 1.92 bits per heavy atom. The van der Waals surface area contributed by atoms with Gasteiger partial charge in [-0.05, 0) is 128 Å². The van der Waals surface area contributed by atoms with Crippen molar-refractivity contribution in [2.24, 2.45) is 0 Å². The highest BCUT2D eigenvalue weighted by molar-refractivity contribution is 7.00. The quantitative estimate of drug-likeness (QED) is 0.172. The molecule has 1 aromatic heterocycles. The molecule has 3 heterocycles. The number of halogens is 1. The van der Waals surface area contributed by atoms with Gasteiger partial charge in [0, 0.05) is 44.5 Å². The van der Waals surface area contributed by atoms with Gasteiger partial charge in [0.2, 0.25) is 0 Å². The molecule has 0 saturated heterocycles. The fourth-order valence-electron chi connectivity index (χ4n) is 8.97. The first-order chi connectivity index (χ1) is 25.4. The van der Waals surface area contributed by atoms with Gasteiger partial charge in [-0.25, -0.2) is 4.39 Å². The molecule has 0 amide bonds. The van der Waals surface area contributed by atoms with Gasteiger partial charge in [-0.1, -0.05) is 110 Å². The summed E-state index contributed by atoms with van der Waals surface area (Å²) in [7, 11) is 0. The van der Waals surface area contributed by atoms with E-state index in [9.17, 15) is 0 Å². The molecule has 53 heavy (non-hydrogen) atoms. The van der Waals surface area contributed by atoms with Crippen LogP contribution in [-0.4, -0.2) is 11.3 Å². The van der Waals surface area contributed by atoms with Gasteiger partial charge < -0.3 is 9.88 Å². The topological polar surface area (TPSA) is 17.0 Å². The molecule has 0 bridgehead atoms. The number of hydrogen-bond donors (Lipinski definition) is 1. The van der Waals surface area contributed by atoms with Gasteiger partial charge in [0.15, 0.2) is 0 Å². The standard InChI is InChI=1S/C49H48BFN2/c1-26(2)31-15-14-30(9)37(18-31)39-20-33(28(5)6)22-41-48(39)52-44-24-35(36-12-10-11-13-43(36)51)25-46-47(44)50(41)42-23-34(29(7)8)21-40-38-19-32(27(3)4)16-17-45(38)53(46)49(40)42/h10-29,52H,1-9H3. The SMILES string of the molecule is Cc1ccc(C(C)C)cc1-c1cc(C(C)C)cc2c1Nc1cc(-c3ccccc3F)cc3c1B2c1cc(C(C)C)cc2c4cc(C(C)C)ccc4n-3c12. The highest BCUT2D eigenvalue weighted by atomic mass is 19.1. The van der Waals surface area contributed by atoms with E-state index in [1.807, 2.05) is 12.1 Å². The molecule has 0 saturated carbocycles. The van der Waals surface area contributed by atoms with Crippen molar-refractivity contribution in [3.05, 3.63) is 131 Å². The number of rotatable bonds is 6. The van der Waals surface area contributed by atoms with Crippen LogP contribution in [0.15, 0.2) is 97.1 Å². The van der Waals surface area contributed by atoms with Crippen LogP contribution in [0.3, 0.4) is 0 Å². The predicted octanol–water partition coefficient (Wildman–Crippen LogP) is 11.9. The molecule has 0 atom stereocenters. The summed E-state index contributed by atoms with van der Waals surface area (Å²) >= 11 is 0. The monoisotopic (exact) mass is 694 g/mol. The average molecular weight is 695 g/mol. The minimum Gasteiger partial charge on any atom is -0.356 e. The maximum absolute atomic E-state index is 15.7. The summed E-state index contributed by atoms with van der Waals surface area (Å²) in [5.74, 6) is 1.34. The normalized spacial score (nSPS) is 13.1. The van der Waals surface area contributed by atoms with Gasteiger partial charge in [0.25, 0.3) is 6.71 Å². The van der Waals surface area contributed by atoms with E-state index in [0.29, 0.717) is 29.2 Å². The number of aromatic nitrogens is 1. The Kier molecular flexibility index (Phi) is 7.79. The van der Waals surface area contributed by atoms with E-state index in [-0.39, 0.29) is 12.5 Å². The molecule has 0 spiro atoms. The van der Waals surface area contributed by atoms with Crippen molar-refractivity contribution >= 4 is 56.3 Å². The van der Waals surface area contributed by atoms with E-state index in [1.54, 1.807) is 12.1 Å². The third-order valence-corrected chi connectivity index (χ3v) is 12.1. The second-order valence-corrected chi connectivity index (χ2v) is 16.8. The highest BCUT2D eigenvalue weighted by Gasteiger charge is 2.41. The molecule has 2 nitrogen and oxygen atoms in total. The molecular formula is C49H48BFN2. The van der Waals surface area contributed by atoms with Crippen molar-refractivity contribution < 1.29 is 4.39 Å². The fourth-order valence-corrected chi connectivity index (χ4v) is 8.97. The molecule has 2 aliphatic rings. The van der Waals surface area contributed by atoms with Crippen LogP contribution in [0.2, 0.25) is 0 Å². The Hall–Kier alpha value is -5.09. The van der Waals surface area contributed by atoms with Crippen LogP contribution in [0.1, 0.15) is 107 Å². The Bertz CT molecular complexity index is 2640. The van der Waals surface area contributed by atoms with Crippen molar-refractivity contribution in [2.45, 2.75) is 86.0 Å². The van der Waals surface area contributed by atoms with Gasteiger partial charge in [0.1, 0.15) is 5.82 Å². The first kappa shape index (κ1) is 33.7. The number of hydrogen-bond acceptors (Lipinski definition) is 1. The smallest absolute Gasteiger partial charge is 0.252 e. The molecule has 0 unspecified atom stereocenters. The molecule has 0 fully saturated rings. The summed E-state index contributed by atoms with van der Waals surface area (Å²) in [5, 5.41) is 6.63. The zero-order chi connectivity index (χ0) is 37.0. The molecule has 264 valence electrons. The molecule has 0 radical (unpaired) electrons. The molecule has 6 aromatic carbocycles. The largest absolute Gasteiger partial charge is 0.356 e. The lowest BCUT2D eigenvalue weighted by molar-refractivity contribution is 0.631. The van der Waals surface area contributed by atoms with Gasteiger partial charge in [0.05, 0.1) is 5.52 Å². The molecule has 2 aliphatic heterocycles. The van der Waals surface area contributed by atoms with Crippen LogP contribution in [0.25, 0.3) is 49.7 Å². The summed E-state index contributed by atoms with van der Waals surface area (Å²) < 4.78 is 18.2. The van der Waals surface area contributed by atoms with Gasteiger partial charge in [-0.3, -0.25) is 0 Å². The Morgan fingerprint density at radius 1 is 0.585 bits per heavy atom. The molecular weight excluding hydrogens is 646 g/mol. The van der Waals surface area contributed by atoms with Crippen LogP contribution in [0.4, 0.5) is 15.8 Å². The van der Waals surface area contributed by atoms with E-state index in [2.05, 4.69) is 145 Å². The number of nitrogens with zero attached hydrogens (tertiary/aromatic N) is 1. The van der Waals surface area contributed by atoms with Crippen LogP contribution >= 0.6 is 0 Å². The third-order valence-electron chi connectivity index (χ3n) is 12.1. The first-order valence-corrected chi connectivity index (χ1v) is 19.5. The average Bonchev–Trinajstić information content (AvgIpc) is 3.47. The fraction of sp³-hybridized carbons (Fsp3) is 0.265. The number of anilines is 2. The van der Waals surface area contributed by atoms with Crippen LogP contribution in [-0.2, 0) is 0 Å². The lowest BCUT2D eigenvalue weighted by Gasteiger charge is -2.37. The lowest BCUT2D eigenvalue weighted by atomic mass is 9.33. The highest BCUT2D eigenvalue weighted by Crippen LogP contribution is 2.43. The van der Waals surface area contributed by atoms with Crippen molar-refractivity contribution in [1.29, 1.82) is 0 Å².